The second kappa shape index (κ2) is 49.5. The lowest BCUT2D eigenvalue weighted by atomic mass is 9.91. The zero-order chi connectivity index (χ0) is 69.3. The molecule has 0 saturated carbocycles. The Morgan fingerprint density at radius 2 is 0.839 bits per heavy atom. The first-order chi connectivity index (χ1) is 44.4. The molecule has 5 fully saturated rings. The number of nitrogens with two attached hydrogens (primary N) is 5. The summed E-state index contributed by atoms with van der Waals surface area (Å²) < 4.78 is 26.3. The van der Waals surface area contributed by atoms with E-state index >= 15 is 0 Å². The van der Waals surface area contributed by atoms with Crippen LogP contribution in [0, 0.1) is 35.5 Å². The van der Waals surface area contributed by atoms with E-state index in [1.807, 2.05) is 65.0 Å². The highest BCUT2D eigenvalue weighted by atomic mass is 16.5. The number of ether oxygens (including phenoxy) is 5. The maximum absolute atomic E-state index is 12.2. The van der Waals surface area contributed by atoms with Crippen LogP contribution in [0.15, 0.2) is 30.3 Å². The van der Waals surface area contributed by atoms with E-state index in [1.165, 1.54) is 0 Å². The van der Waals surface area contributed by atoms with Gasteiger partial charge in [-0.25, -0.2) is 0 Å². The van der Waals surface area contributed by atoms with E-state index in [1.54, 1.807) is 16.7 Å². The van der Waals surface area contributed by atoms with E-state index < -0.39 is 12.1 Å². The van der Waals surface area contributed by atoms with Crippen LogP contribution < -0.4 is 28.7 Å². The highest BCUT2D eigenvalue weighted by molar-refractivity contribution is 5.90. The molecule has 0 aromatic heterocycles. The molecule has 10 N–H and O–H groups in total. The third-order valence-corrected chi connectivity index (χ3v) is 19.1. The average Bonchev–Trinajstić information content (AvgIpc) is 3.54. The first-order valence-electron chi connectivity index (χ1n) is 35.5. The molecule has 5 heterocycles. The number of hydrogen-bond acceptors (Lipinski definition) is 20. The van der Waals surface area contributed by atoms with Gasteiger partial charge in [-0.05, 0) is 67.9 Å². The number of amides is 2. The minimum atomic E-state index is -0.454. The van der Waals surface area contributed by atoms with Gasteiger partial charge in [0, 0.05) is 122 Å². The molecule has 0 radical (unpaired) electrons. The van der Waals surface area contributed by atoms with E-state index in [9.17, 15) is 33.6 Å². The van der Waals surface area contributed by atoms with Crippen molar-refractivity contribution in [2.45, 2.75) is 196 Å². The molecule has 5 saturated heterocycles. The van der Waals surface area contributed by atoms with Gasteiger partial charge in [-0.2, -0.15) is 0 Å². The van der Waals surface area contributed by atoms with E-state index in [4.69, 9.17) is 52.4 Å². The molecule has 1 aromatic carbocycles. The monoisotopic (exact) mass is 1310 g/mol. The van der Waals surface area contributed by atoms with E-state index in [0.717, 1.165) is 136 Å². The van der Waals surface area contributed by atoms with Gasteiger partial charge in [0.15, 0.2) is 5.78 Å². The standard InChI is InChI=1S/C16H24N2O2.C14H26N2O3.2C14H28N2O2.C13H24N2O3/c17-15(13-14-5-2-1-3-6-14)16(19)7-4-8-18-9-11-20-12-10-18;1-4-10(2)13(15)12(17)9-11(3)14(18)16-5-7-19-8-6-16;1-4-12(3)14(15)13(17)9-11(2)10-16-5-7-18-8-6-16;1-4-11(2)14(15)13(17)6-5-12(3)16-7-9-18-10-8-16;1-3-10(2)13(14)11(16)4-5-12(17)15-6-8-18-9-7-15/h1-3,5-6,15H,4,7-13,17H2;10-11,13H,4-9,15H2,1-3H3;2*11-12,14H,4-10,15H2,1-3H3;10,13H,3-9,14H2,1-2H3. The Balaban J connectivity index is 0.000000396. The third-order valence-electron chi connectivity index (χ3n) is 19.1. The molecule has 2 amide bonds. The van der Waals surface area contributed by atoms with Crippen molar-refractivity contribution >= 4 is 40.7 Å². The molecule has 93 heavy (non-hydrogen) atoms. The van der Waals surface area contributed by atoms with Crippen LogP contribution >= 0.6 is 0 Å². The van der Waals surface area contributed by atoms with Gasteiger partial charge in [0.1, 0.15) is 23.1 Å². The molecule has 1 aromatic rings. The Kier molecular flexibility index (Phi) is 45.3. The van der Waals surface area contributed by atoms with E-state index in [0.29, 0.717) is 90.2 Å². The highest BCUT2D eigenvalue weighted by Gasteiger charge is 2.29. The number of Topliss-reactive ketones (excluding diaryl/α,β-unsaturated/α-hetero) is 5. The fourth-order valence-corrected chi connectivity index (χ4v) is 11.2. The van der Waals surface area contributed by atoms with Crippen molar-refractivity contribution in [1.82, 2.24) is 24.5 Å². The summed E-state index contributed by atoms with van der Waals surface area (Å²) in [4.78, 5) is 94.5. The van der Waals surface area contributed by atoms with Crippen molar-refractivity contribution < 1.29 is 57.2 Å². The first kappa shape index (κ1) is 85.1. The Morgan fingerprint density at radius 3 is 1.30 bits per heavy atom. The summed E-state index contributed by atoms with van der Waals surface area (Å²) in [7, 11) is 0. The quantitative estimate of drug-likeness (QED) is 0.0593. The van der Waals surface area contributed by atoms with Gasteiger partial charge in [0.2, 0.25) is 11.8 Å². The summed E-state index contributed by atoms with van der Waals surface area (Å²) >= 11 is 0. The molecule has 12 unspecified atom stereocenters. The zero-order valence-corrected chi connectivity index (χ0v) is 59.6. The number of morpholine rings is 5. The van der Waals surface area contributed by atoms with Crippen LogP contribution in [0.4, 0.5) is 0 Å². The Labute approximate surface area is 560 Å². The van der Waals surface area contributed by atoms with Crippen molar-refractivity contribution in [2.24, 2.45) is 64.2 Å². The van der Waals surface area contributed by atoms with Crippen molar-refractivity contribution in [3.05, 3.63) is 35.9 Å². The summed E-state index contributed by atoms with van der Waals surface area (Å²) in [5.74, 6) is 1.65. The van der Waals surface area contributed by atoms with Crippen LogP contribution in [0.3, 0.4) is 0 Å². The molecular weight excluding hydrogens is 1180 g/mol. The maximum Gasteiger partial charge on any atom is 0.226 e. The van der Waals surface area contributed by atoms with Crippen molar-refractivity contribution in [3.63, 3.8) is 0 Å². The molecule has 5 aliphatic heterocycles. The number of nitrogens with zero attached hydrogens (tertiary/aromatic N) is 5. The van der Waals surface area contributed by atoms with Crippen LogP contribution in [-0.2, 0) is 63.7 Å². The largest absolute Gasteiger partial charge is 0.379 e. The summed E-state index contributed by atoms with van der Waals surface area (Å²) in [6.07, 6.45) is 8.64. The maximum atomic E-state index is 12.2. The molecular formula is C71H130N10O12. The number of carbonyl (C=O) groups is 7. The summed E-state index contributed by atoms with van der Waals surface area (Å²) in [6, 6.07) is 8.56. The van der Waals surface area contributed by atoms with E-state index in [-0.39, 0.29) is 108 Å². The average molecular weight is 1320 g/mol. The highest BCUT2D eigenvalue weighted by Crippen LogP contribution is 2.18. The lowest BCUT2D eigenvalue weighted by Crippen LogP contribution is -2.45. The summed E-state index contributed by atoms with van der Waals surface area (Å²) in [6.45, 7) is 39.9. The minimum absolute atomic E-state index is 0.00837. The van der Waals surface area contributed by atoms with Crippen LogP contribution in [0.1, 0.15) is 159 Å². The van der Waals surface area contributed by atoms with Crippen LogP contribution in [0.2, 0.25) is 0 Å². The lowest BCUT2D eigenvalue weighted by Gasteiger charge is -2.32. The summed E-state index contributed by atoms with van der Waals surface area (Å²) in [5.41, 5.74) is 30.8. The van der Waals surface area contributed by atoms with Crippen molar-refractivity contribution in [3.8, 4) is 0 Å². The molecule has 0 bridgehead atoms. The molecule has 0 aliphatic carbocycles. The smallest absolute Gasteiger partial charge is 0.226 e. The van der Waals surface area contributed by atoms with Gasteiger partial charge >= 0.3 is 0 Å². The minimum Gasteiger partial charge on any atom is -0.379 e. The SMILES string of the molecule is CCC(C)C(N)C(=O)CC(C)C(=O)N1CCOCC1.CCC(C)C(N)C(=O)CC(C)CN1CCOCC1.CCC(C)C(N)C(=O)CCC(=O)N1CCOCC1.CCC(C)C(N)C(=O)CCC(C)N1CCOCC1.NC(Cc1ccccc1)C(=O)CCCN1CCOCC1. The van der Waals surface area contributed by atoms with Gasteiger partial charge in [-0.3, -0.25) is 48.3 Å². The van der Waals surface area contributed by atoms with Crippen molar-refractivity contribution in [2.75, 3.05) is 145 Å². The van der Waals surface area contributed by atoms with Crippen LogP contribution in [0.5, 0.6) is 0 Å². The second-order valence-corrected chi connectivity index (χ2v) is 26.6. The third kappa shape index (κ3) is 35.2. The second-order valence-electron chi connectivity index (χ2n) is 26.6. The molecule has 536 valence electrons. The van der Waals surface area contributed by atoms with Crippen molar-refractivity contribution in [1.29, 1.82) is 0 Å². The van der Waals surface area contributed by atoms with Gasteiger partial charge < -0.3 is 62.2 Å². The van der Waals surface area contributed by atoms with Gasteiger partial charge in [0.25, 0.3) is 0 Å². The molecule has 6 rings (SSSR count). The number of rotatable bonds is 33. The first-order valence-corrected chi connectivity index (χ1v) is 35.5. The Hall–Kier alpha value is -4.01. The topological polar surface area (TPSA) is 312 Å². The Bertz CT molecular complexity index is 2190. The molecule has 22 heteroatoms. The summed E-state index contributed by atoms with van der Waals surface area (Å²) in [5, 5.41) is 0. The molecule has 22 nitrogen and oxygen atoms in total. The predicted octanol–water partition coefficient (Wildman–Crippen LogP) is 5.34. The normalized spacial score (nSPS) is 20.5. The van der Waals surface area contributed by atoms with Crippen LogP contribution in [-0.4, -0.2) is 246 Å². The molecule has 0 spiro atoms. The number of hydrogen-bond donors (Lipinski definition) is 5. The number of carbonyl (C=O) groups excluding carboxylic acids is 7. The lowest BCUT2D eigenvalue weighted by molar-refractivity contribution is -0.141. The fourth-order valence-electron chi connectivity index (χ4n) is 11.2. The van der Waals surface area contributed by atoms with E-state index in [2.05, 4.69) is 49.3 Å². The number of benzene rings is 1. The fraction of sp³-hybridized carbons (Fsp3) is 0.817. The van der Waals surface area contributed by atoms with Crippen LogP contribution in [0.25, 0.3) is 0 Å². The van der Waals surface area contributed by atoms with Gasteiger partial charge in [0.05, 0.1) is 96.3 Å². The molecule has 5 aliphatic rings. The predicted molar refractivity (Wildman–Crippen MR) is 369 cm³/mol. The van der Waals surface area contributed by atoms with Gasteiger partial charge in [-0.1, -0.05) is 125 Å². The van der Waals surface area contributed by atoms with Gasteiger partial charge in [-0.15, -0.1) is 0 Å². The number of ketones is 5. The molecule has 12 atom stereocenters. The zero-order valence-electron chi connectivity index (χ0n) is 59.6. The Morgan fingerprint density at radius 1 is 0.441 bits per heavy atom.